The van der Waals surface area contributed by atoms with Crippen molar-refractivity contribution in [3.63, 3.8) is 0 Å². The Labute approximate surface area is 184 Å². The second-order valence-electron chi connectivity index (χ2n) is 6.31. The molecule has 0 atom stereocenters. The predicted octanol–water partition coefficient (Wildman–Crippen LogP) is 1.56. The summed E-state index contributed by atoms with van der Waals surface area (Å²) in [5, 5.41) is 3.28. The fourth-order valence-corrected chi connectivity index (χ4v) is 3.71. The van der Waals surface area contributed by atoms with Crippen LogP contribution in [0.25, 0.3) is 0 Å². The lowest BCUT2D eigenvalue weighted by Crippen LogP contribution is -2.46. The number of nitrogens with zero attached hydrogens (tertiary/aromatic N) is 2. The first-order chi connectivity index (χ1) is 12.9. The van der Waals surface area contributed by atoms with Crippen LogP contribution in [-0.4, -0.2) is 59.0 Å². The Morgan fingerprint density at radius 2 is 1.86 bits per heavy atom. The highest BCUT2D eigenvalue weighted by molar-refractivity contribution is 14.0. The molecule has 0 aliphatic carbocycles. The number of carbonyl (C=O) groups excluding carboxylic acids is 1. The van der Waals surface area contributed by atoms with Crippen molar-refractivity contribution in [3.8, 4) is 0 Å². The number of benzene rings is 1. The maximum absolute atomic E-state index is 11.8. The molecule has 1 heterocycles. The molecule has 1 aromatic rings. The van der Waals surface area contributed by atoms with Gasteiger partial charge in [0.15, 0.2) is 5.96 Å². The van der Waals surface area contributed by atoms with E-state index in [1.54, 1.807) is 24.3 Å². The molecule has 1 saturated heterocycles. The SMILES string of the molecule is CCNC(=NCc1ccc(S(=O)(=O)NC)cc1)N1CCC(C(=O)OC)CC1.I. The quantitative estimate of drug-likeness (QED) is 0.254. The summed E-state index contributed by atoms with van der Waals surface area (Å²) in [6.45, 7) is 4.68. The highest BCUT2D eigenvalue weighted by atomic mass is 127. The van der Waals surface area contributed by atoms with Gasteiger partial charge in [-0.15, -0.1) is 24.0 Å². The predicted molar refractivity (Wildman–Crippen MR) is 119 cm³/mol. The number of rotatable bonds is 6. The van der Waals surface area contributed by atoms with Gasteiger partial charge in [-0.25, -0.2) is 18.1 Å². The number of guanidine groups is 1. The van der Waals surface area contributed by atoms with Gasteiger partial charge in [0.05, 0.1) is 24.5 Å². The molecular formula is C18H29IN4O4S. The highest BCUT2D eigenvalue weighted by Gasteiger charge is 2.26. The van der Waals surface area contributed by atoms with Crippen LogP contribution in [0, 0.1) is 5.92 Å². The monoisotopic (exact) mass is 524 g/mol. The smallest absolute Gasteiger partial charge is 0.308 e. The number of nitrogens with one attached hydrogen (secondary N) is 2. The van der Waals surface area contributed by atoms with E-state index in [2.05, 4.69) is 19.9 Å². The Kier molecular flexibility index (Phi) is 10.2. The molecule has 0 aromatic heterocycles. The lowest BCUT2D eigenvalue weighted by atomic mass is 9.97. The van der Waals surface area contributed by atoms with E-state index in [0.717, 1.165) is 44.0 Å². The fourth-order valence-electron chi connectivity index (χ4n) is 2.98. The third-order valence-electron chi connectivity index (χ3n) is 4.58. The van der Waals surface area contributed by atoms with Gasteiger partial charge in [-0.1, -0.05) is 12.1 Å². The van der Waals surface area contributed by atoms with Gasteiger partial charge in [0.2, 0.25) is 10.0 Å². The summed E-state index contributed by atoms with van der Waals surface area (Å²) in [6.07, 6.45) is 1.49. The highest BCUT2D eigenvalue weighted by Crippen LogP contribution is 2.19. The summed E-state index contributed by atoms with van der Waals surface area (Å²) in [4.78, 5) is 18.7. The number of methoxy groups -OCH3 is 1. The Morgan fingerprint density at radius 3 is 2.36 bits per heavy atom. The zero-order valence-electron chi connectivity index (χ0n) is 16.5. The Morgan fingerprint density at radius 1 is 1.25 bits per heavy atom. The number of hydrogen-bond acceptors (Lipinski definition) is 5. The van der Waals surface area contributed by atoms with Crippen LogP contribution in [0.3, 0.4) is 0 Å². The van der Waals surface area contributed by atoms with Crippen LogP contribution in [-0.2, 0) is 26.1 Å². The molecule has 2 N–H and O–H groups in total. The van der Waals surface area contributed by atoms with Gasteiger partial charge in [-0.2, -0.15) is 0 Å². The molecule has 1 aromatic carbocycles. The molecule has 28 heavy (non-hydrogen) atoms. The zero-order chi connectivity index (χ0) is 19.9. The number of aliphatic imine (C=N–C) groups is 1. The van der Waals surface area contributed by atoms with Gasteiger partial charge < -0.3 is 15.0 Å². The van der Waals surface area contributed by atoms with Gasteiger partial charge in [0.25, 0.3) is 0 Å². The van der Waals surface area contributed by atoms with Gasteiger partial charge >= 0.3 is 5.97 Å². The van der Waals surface area contributed by atoms with E-state index in [1.165, 1.54) is 14.2 Å². The fraction of sp³-hybridized carbons (Fsp3) is 0.556. The standard InChI is InChI=1S/C18H28N4O4S.HI/c1-4-20-18(22-11-9-15(10-12-22)17(23)26-3)21-13-14-5-7-16(8-6-14)27(24,25)19-2;/h5-8,15,19H,4,9-13H2,1-3H3,(H,20,21);1H. The summed E-state index contributed by atoms with van der Waals surface area (Å²) in [5.41, 5.74) is 0.921. The van der Waals surface area contributed by atoms with Crippen LogP contribution in [0.2, 0.25) is 0 Å². The lowest BCUT2D eigenvalue weighted by molar-refractivity contribution is -0.146. The number of piperidine rings is 1. The van der Waals surface area contributed by atoms with Gasteiger partial charge in [0, 0.05) is 19.6 Å². The minimum atomic E-state index is -3.43. The lowest BCUT2D eigenvalue weighted by Gasteiger charge is -2.33. The second-order valence-corrected chi connectivity index (χ2v) is 8.19. The molecule has 158 valence electrons. The molecule has 0 unspecified atom stereocenters. The number of ether oxygens (including phenoxy) is 1. The van der Waals surface area contributed by atoms with Crippen molar-refractivity contribution in [3.05, 3.63) is 29.8 Å². The average molecular weight is 524 g/mol. The van der Waals surface area contributed by atoms with Crippen molar-refractivity contribution in [2.24, 2.45) is 10.9 Å². The van der Waals surface area contributed by atoms with Crippen LogP contribution < -0.4 is 10.0 Å². The van der Waals surface area contributed by atoms with E-state index in [-0.39, 0.29) is 40.8 Å². The Balaban J connectivity index is 0.00000392. The number of halogens is 1. The van der Waals surface area contributed by atoms with E-state index in [4.69, 9.17) is 4.74 Å². The van der Waals surface area contributed by atoms with Crippen molar-refractivity contribution in [2.45, 2.75) is 31.2 Å². The van der Waals surface area contributed by atoms with Crippen LogP contribution in [0.5, 0.6) is 0 Å². The number of sulfonamides is 1. The summed E-state index contributed by atoms with van der Waals surface area (Å²) in [7, 11) is -0.618. The maximum Gasteiger partial charge on any atom is 0.308 e. The number of likely N-dealkylation sites (tertiary alicyclic amines) is 1. The maximum atomic E-state index is 11.8. The van der Waals surface area contributed by atoms with Crippen LogP contribution in [0.15, 0.2) is 34.2 Å². The number of esters is 1. The average Bonchev–Trinajstić information content (AvgIpc) is 2.71. The Bertz CT molecular complexity index is 760. The minimum absolute atomic E-state index is 0. The summed E-state index contributed by atoms with van der Waals surface area (Å²) >= 11 is 0. The normalized spacial score (nSPS) is 15.7. The minimum Gasteiger partial charge on any atom is -0.469 e. The topological polar surface area (TPSA) is 100 Å². The van der Waals surface area contributed by atoms with Crippen molar-refractivity contribution >= 4 is 45.9 Å². The van der Waals surface area contributed by atoms with E-state index < -0.39 is 10.0 Å². The van der Waals surface area contributed by atoms with Gasteiger partial charge in [-0.3, -0.25) is 4.79 Å². The van der Waals surface area contributed by atoms with E-state index in [9.17, 15) is 13.2 Å². The molecular weight excluding hydrogens is 495 g/mol. The van der Waals surface area contributed by atoms with E-state index >= 15 is 0 Å². The third-order valence-corrected chi connectivity index (χ3v) is 6.01. The van der Waals surface area contributed by atoms with Crippen molar-refractivity contribution in [1.29, 1.82) is 0 Å². The molecule has 0 spiro atoms. The molecule has 2 rings (SSSR count). The van der Waals surface area contributed by atoms with Crippen molar-refractivity contribution in [1.82, 2.24) is 14.9 Å². The van der Waals surface area contributed by atoms with Crippen molar-refractivity contribution < 1.29 is 17.9 Å². The first kappa shape index (κ1) is 24.6. The largest absolute Gasteiger partial charge is 0.469 e. The molecule has 1 fully saturated rings. The molecule has 8 nitrogen and oxygen atoms in total. The molecule has 0 saturated carbocycles. The first-order valence-electron chi connectivity index (χ1n) is 9.04. The molecule has 0 radical (unpaired) electrons. The Hall–Kier alpha value is -1.40. The summed E-state index contributed by atoms with van der Waals surface area (Å²) in [5.74, 6) is 0.608. The van der Waals surface area contributed by atoms with Crippen molar-refractivity contribution in [2.75, 3.05) is 33.8 Å². The van der Waals surface area contributed by atoms with Gasteiger partial charge in [0.1, 0.15) is 0 Å². The van der Waals surface area contributed by atoms with Crippen LogP contribution in [0.4, 0.5) is 0 Å². The number of carbonyl (C=O) groups is 1. The second kappa shape index (κ2) is 11.6. The third kappa shape index (κ3) is 6.59. The van der Waals surface area contributed by atoms with E-state index in [0.29, 0.717) is 6.54 Å². The zero-order valence-corrected chi connectivity index (χ0v) is 19.6. The van der Waals surface area contributed by atoms with Crippen LogP contribution in [0.1, 0.15) is 25.3 Å². The molecule has 10 heteroatoms. The molecule has 0 bridgehead atoms. The molecule has 1 aliphatic heterocycles. The molecule has 0 amide bonds. The summed E-state index contributed by atoms with van der Waals surface area (Å²) < 4.78 is 30.7. The molecule has 1 aliphatic rings. The first-order valence-corrected chi connectivity index (χ1v) is 10.5. The van der Waals surface area contributed by atoms with Crippen LogP contribution >= 0.6 is 24.0 Å². The summed E-state index contributed by atoms with van der Waals surface area (Å²) in [6, 6.07) is 6.68. The number of hydrogen-bond donors (Lipinski definition) is 2. The van der Waals surface area contributed by atoms with Gasteiger partial charge in [-0.05, 0) is 44.5 Å². The van der Waals surface area contributed by atoms with E-state index in [1.807, 2.05) is 6.92 Å².